The van der Waals surface area contributed by atoms with E-state index in [0.717, 1.165) is 55.3 Å². The zero-order chi connectivity index (χ0) is 23.4. The summed E-state index contributed by atoms with van der Waals surface area (Å²) >= 11 is 0. The molecule has 4 rings (SSSR count). The van der Waals surface area contributed by atoms with Gasteiger partial charge >= 0.3 is 0 Å². The Labute approximate surface area is 192 Å². The molecular weight excluding hydrogens is 422 g/mol. The van der Waals surface area contributed by atoms with Crippen molar-refractivity contribution in [1.29, 1.82) is 0 Å². The summed E-state index contributed by atoms with van der Waals surface area (Å²) in [4.78, 5) is 30.6. The van der Waals surface area contributed by atoms with Crippen molar-refractivity contribution in [2.24, 2.45) is 5.92 Å². The number of anilines is 1. The number of amides is 2. The molecule has 0 bridgehead atoms. The van der Waals surface area contributed by atoms with E-state index in [2.05, 4.69) is 25.9 Å². The Morgan fingerprint density at radius 1 is 1.03 bits per heavy atom. The van der Waals surface area contributed by atoms with E-state index in [1.54, 1.807) is 19.2 Å². The lowest BCUT2D eigenvalue weighted by Gasteiger charge is -2.26. The van der Waals surface area contributed by atoms with Gasteiger partial charge in [0, 0.05) is 17.3 Å². The second kappa shape index (κ2) is 9.97. The highest BCUT2D eigenvalue weighted by molar-refractivity contribution is 6.01. The predicted octanol–water partition coefficient (Wildman–Crippen LogP) is 4.36. The van der Waals surface area contributed by atoms with Crippen LogP contribution in [0.25, 0.3) is 11.1 Å². The number of hydrogen-bond donors (Lipinski definition) is 2. The maximum atomic E-state index is 13.3. The number of carbonyl (C=O) groups is 2. The Kier molecular flexibility index (Phi) is 6.86. The van der Waals surface area contributed by atoms with Crippen molar-refractivity contribution in [3.8, 4) is 11.1 Å². The number of pyridine rings is 1. The summed E-state index contributed by atoms with van der Waals surface area (Å²) in [7, 11) is 0. The molecule has 1 atom stereocenters. The SMILES string of the molecule is Cc1nocc1C(=O)NC(C(=O)Nc1ccc(-c2c(C)noc2C)cn1)C1CCCCCC1. The van der Waals surface area contributed by atoms with Crippen molar-refractivity contribution in [1.82, 2.24) is 20.6 Å². The normalized spacial score (nSPS) is 15.6. The number of aromatic nitrogens is 3. The van der Waals surface area contributed by atoms with Crippen LogP contribution < -0.4 is 10.6 Å². The van der Waals surface area contributed by atoms with Crippen molar-refractivity contribution >= 4 is 17.6 Å². The third kappa shape index (κ3) is 5.13. The van der Waals surface area contributed by atoms with Gasteiger partial charge < -0.3 is 19.7 Å². The average molecular weight is 452 g/mol. The zero-order valence-corrected chi connectivity index (χ0v) is 19.2. The molecule has 3 aromatic rings. The molecule has 33 heavy (non-hydrogen) atoms. The minimum atomic E-state index is -0.672. The van der Waals surface area contributed by atoms with Crippen molar-refractivity contribution in [2.75, 3.05) is 5.32 Å². The number of nitrogens with one attached hydrogen (secondary N) is 2. The highest BCUT2D eigenvalue weighted by atomic mass is 16.5. The van der Waals surface area contributed by atoms with Crippen LogP contribution in [0.5, 0.6) is 0 Å². The third-order valence-corrected chi connectivity index (χ3v) is 6.27. The van der Waals surface area contributed by atoms with E-state index >= 15 is 0 Å². The first-order valence-electron chi connectivity index (χ1n) is 11.4. The Bertz CT molecular complexity index is 1090. The van der Waals surface area contributed by atoms with Crippen LogP contribution in [-0.4, -0.2) is 33.2 Å². The second-order valence-corrected chi connectivity index (χ2v) is 8.64. The first-order chi connectivity index (χ1) is 15.9. The van der Waals surface area contributed by atoms with Gasteiger partial charge in [0.1, 0.15) is 29.4 Å². The molecule has 1 aliphatic carbocycles. The van der Waals surface area contributed by atoms with Crippen LogP contribution in [0.2, 0.25) is 0 Å². The maximum absolute atomic E-state index is 13.3. The van der Waals surface area contributed by atoms with E-state index in [1.807, 2.05) is 19.9 Å². The molecule has 9 nitrogen and oxygen atoms in total. The number of carbonyl (C=O) groups excluding carboxylic acids is 2. The van der Waals surface area contributed by atoms with Crippen molar-refractivity contribution < 1.29 is 18.6 Å². The Hall–Kier alpha value is -3.49. The highest BCUT2D eigenvalue weighted by Crippen LogP contribution is 2.28. The van der Waals surface area contributed by atoms with Gasteiger partial charge in [-0.05, 0) is 51.7 Å². The van der Waals surface area contributed by atoms with Crippen LogP contribution in [0.15, 0.2) is 33.6 Å². The van der Waals surface area contributed by atoms with Gasteiger partial charge in [-0.3, -0.25) is 9.59 Å². The standard InChI is InChI=1S/C24H29N5O4/c1-14-19(13-32-28-14)23(30)27-22(17-8-6-4-5-7-9-17)24(31)26-20-11-10-18(12-25-20)21-15(2)29-33-16(21)3/h10-13,17,22H,4-9H2,1-3H3,(H,27,30)(H,25,26,31). The molecule has 1 saturated carbocycles. The molecule has 1 fully saturated rings. The van der Waals surface area contributed by atoms with E-state index in [4.69, 9.17) is 9.05 Å². The van der Waals surface area contributed by atoms with Crippen LogP contribution in [0, 0.1) is 26.7 Å². The van der Waals surface area contributed by atoms with Gasteiger partial charge in [0.2, 0.25) is 5.91 Å². The molecule has 0 saturated heterocycles. The average Bonchev–Trinajstić information content (AvgIpc) is 3.26. The number of hydrogen-bond acceptors (Lipinski definition) is 7. The summed E-state index contributed by atoms with van der Waals surface area (Å²) in [5, 5.41) is 13.6. The maximum Gasteiger partial charge on any atom is 0.257 e. The van der Waals surface area contributed by atoms with E-state index in [-0.39, 0.29) is 17.7 Å². The minimum absolute atomic E-state index is 0.0539. The number of aryl methyl sites for hydroxylation is 3. The van der Waals surface area contributed by atoms with Gasteiger partial charge in [0.05, 0.1) is 11.4 Å². The largest absolute Gasteiger partial charge is 0.364 e. The first-order valence-corrected chi connectivity index (χ1v) is 11.4. The summed E-state index contributed by atoms with van der Waals surface area (Å²) in [6, 6.07) is 2.94. The van der Waals surface area contributed by atoms with Gasteiger partial charge in [0.25, 0.3) is 5.91 Å². The Balaban J connectivity index is 1.52. The van der Waals surface area contributed by atoms with Gasteiger partial charge in [-0.2, -0.15) is 0 Å². The molecule has 1 aliphatic rings. The monoisotopic (exact) mass is 451 g/mol. The lowest BCUT2D eigenvalue weighted by Crippen LogP contribution is -2.48. The zero-order valence-electron chi connectivity index (χ0n) is 19.2. The van der Waals surface area contributed by atoms with Crippen molar-refractivity contribution in [2.45, 2.75) is 65.3 Å². The molecule has 2 amide bonds. The number of nitrogens with zero attached hydrogens (tertiary/aromatic N) is 3. The molecule has 0 aromatic carbocycles. The van der Waals surface area contributed by atoms with Gasteiger partial charge in [-0.25, -0.2) is 4.98 Å². The second-order valence-electron chi connectivity index (χ2n) is 8.64. The first kappa shape index (κ1) is 22.7. The fourth-order valence-electron chi connectivity index (χ4n) is 4.49. The summed E-state index contributed by atoms with van der Waals surface area (Å²) in [6.45, 7) is 5.42. The van der Waals surface area contributed by atoms with Gasteiger partial charge in [0.15, 0.2) is 0 Å². The number of rotatable bonds is 6. The molecule has 3 heterocycles. The predicted molar refractivity (Wildman–Crippen MR) is 122 cm³/mol. The third-order valence-electron chi connectivity index (χ3n) is 6.27. The van der Waals surface area contributed by atoms with Gasteiger partial charge in [-0.1, -0.05) is 36.0 Å². The quantitative estimate of drug-likeness (QED) is 0.534. The van der Waals surface area contributed by atoms with E-state index in [0.29, 0.717) is 22.8 Å². The topological polar surface area (TPSA) is 123 Å². The molecule has 0 radical (unpaired) electrons. The highest BCUT2D eigenvalue weighted by Gasteiger charge is 2.31. The van der Waals surface area contributed by atoms with Crippen LogP contribution in [0.3, 0.4) is 0 Å². The van der Waals surface area contributed by atoms with E-state index < -0.39 is 6.04 Å². The van der Waals surface area contributed by atoms with Crippen LogP contribution >= 0.6 is 0 Å². The van der Waals surface area contributed by atoms with Crippen LogP contribution in [0.4, 0.5) is 5.82 Å². The lowest BCUT2D eigenvalue weighted by atomic mass is 9.91. The lowest BCUT2D eigenvalue weighted by molar-refractivity contribution is -0.119. The molecule has 9 heteroatoms. The van der Waals surface area contributed by atoms with Crippen molar-refractivity contribution in [3.05, 3.63) is 47.3 Å². The molecule has 0 spiro atoms. The Morgan fingerprint density at radius 2 is 1.79 bits per heavy atom. The van der Waals surface area contributed by atoms with Crippen LogP contribution in [0.1, 0.15) is 66.0 Å². The van der Waals surface area contributed by atoms with Crippen molar-refractivity contribution in [3.63, 3.8) is 0 Å². The van der Waals surface area contributed by atoms with Crippen LogP contribution in [-0.2, 0) is 4.79 Å². The molecule has 3 aromatic heterocycles. The summed E-state index contributed by atoms with van der Waals surface area (Å²) in [6.07, 6.45) is 9.15. The van der Waals surface area contributed by atoms with Gasteiger partial charge in [-0.15, -0.1) is 0 Å². The molecule has 174 valence electrons. The summed E-state index contributed by atoms with van der Waals surface area (Å²) in [5.74, 6) is 0.552. The summed E-state index contributed by atoms with van der Waals surface area (Å²) < 4.78 is 10.1. The molecule has 2 N–H and O–H groups in total. The Morgan fingerprint density at radius 3 is 2.36 bits per heavy atom. The molecule has 1 unspecified atom stereocenters. The molecular formula is C24H29N5O4. The smallest absolute Gasteiger partial charge is 0.257 e. The summed E-state index contributed by atoms with van der Waals surface area (Å²) in [5.41, 5.74) is 3.37. The van der Waals surface area contributed by atoms with E-state index in [9.17, 15) is 9.59 Å². The van der Waals surface area contributed by atoms with E-state index in [1.165, 1.54) is 6.26 Å². The minimum Gasteiger partial charge on any atom is -0.364 e. The molecule has 0 aliphatic heterocycles. The fraction of sp³-hybridized carbons (Fsp3) is 0.458. The fourth-order valence-corrected chi connectivity index (χ4v) is 4.49.